The third kappa shape index (κ3) is 2.72. The first kappa shape index (κ1) is 13.5. The number of hydrogen-bond acceptors (Lipinski definition) is 3. The maximum atomic E-state index is 5.40. The molecular weight excluding hydrogens is 262 g/mol. The van der Waals surface area contributed by atoms with E-state index in [9.17, 15) is 0 Å². The lowest BCUT2D eigenvalue weighted by molar-refractivity contribution is 0.513. The van der Waals surface area contributed by atoms with Crippen molar-refractivity contribution >= 4 is 23.6 Å². The molecule has 0 saturated carbocycles. The Kier molecular flexibility index (Phi) is 4.72. The van der Waals surface area contributed by atoms with Crippen LogP contribution in [0.15, 0.2) is 17.5 Å². The van der Waals surface area contributed by atoms with Crippen molar-refractivity contribution in [3.8, 4) is 0 Å². The zero-order chi connectivity index (χ0) is 13.0. The molecule has 18 heavy (non-hydrogen) atoms. The summed E-state index contributed by atoms with van der Waals surface area (Å²) in [6, 6.07) is 4.63. The van der Waals surface area contributed by atoms with Crippen LogP contribution in [-0.2, 0) is 6.42 Å². The van der Waals surface area contributed by atoms with E-state index >= 15 is 0 Å². The molecule has 0 fully saturated rings. The summed E-state index contributed by atoms with van der Waals surface area (Å²) >= 11 is 7.20. The SMILES string of the molecule is CCCc1n[nH]c(=S)n1C(CCC)c1cccs1. The van der Waals surface area contributed by atoms with Crippen LogP contribution in [0.5, 0.6) is 0 Å². The molecule has 0 aliphatic rings. The van der Waals surface area contributed by atoms with E-state index in [1.807, 2.05) is 0 Å². The molecule has 2 rings (SSSR count). The Morgan fingerprint density at radius 3 is 2.89 bits per heavy atom. The highest BCUT2D eigenvalue weighted by Crippen LogP contribution is 2.28. The summed E-state index contributed by atoms with van der Waals surface area (Å²) in [6.45, 7) is 4.38. The molecule has 0 aliphatic heterocycles. The second-order valence-corrected chi connectivity index (χ2v) is 5.75. The Morgan fingerprint density at radius 2 is 2.28 bits per heavy atom. The number of hydrogen-bond donors (Lipinski definition) is 1. The summed E-state index contributed by atoms with van der Waals surface area (Å²) in [5.74, 6) is 1.08. The van der Waals surface area contributed by atoms with Crippen molar-refractivity contribution < 1.29 is 0 Å². The lowest BCUT2D eigenvalue weighted by Crippen LogP contribution is -2.13. The Balaban J connectivity index is 2.42. The molecule has 98 valence electrons. The Morgan fingerprint density at radius 1 is 1.44 bits per heavy atom. The molecule has 1 unspecified atom stereocenters. The second kappa shape index (κ2) is 6.29. The number of aryl methyl sites for hydroxylation is 1. The Bertz CT molecular complexity index is 525. The minimum Gasteiger partial charge on any atom is -0.296 e. The highest BCUT2D eigenvalue weighted by Gasteiger charge is 2.18. The summed E-state index contributed by atoms with van der Waals surface area (Å²) in [5.41, 5.74) is 0. The van der Waals surface area contributed by atoms with Gasteiger partial charge in [-0.05, 0) is 36.5 Å². The topological polar surface area (TPSA) is 33.6 Å². The first-order valence-corrected chi connectivity index (χ1v) is 7.75. The number of nitrogens with zero attached hydrogens (tertiary/aromatic N) is 2. The molecule has 1 N–H and O–H groups in total. The normalized spacial score (nSPS) is 12.8. The quantitative estimate of drug-likeness (QED) is 0.799. The van der Waals surface area contributed by atoms with Gasteiger partial charge in [0.2, 0.25) is 0 Å². The standard InChI is InChI=1S/C13H19N3S2/c1-3-6-10(11-8-5-9-18-11)16-12(7-4-2)14-15-13(16)17/h5,8-10H,3-4,6-7H2,1-2H3,(H,15,17). The van der Waals surface area contributed by atoms with E-state index < -0.39 is 0 Å². The van der Waals surface area contributed by atoms with Gasteiger partial charge in [0.1, 0.15) is 5.82 Å². The van der Waals surface area contributed by atoms with Crippen LogP contribution in [-0.4, -0.2) is 14.8 Å². The van der Waals surface area contributed by atoms with Crippen LogP contribution in [0.4, 0.5) is 0 Å². The van der Waals surface area contributed by atoms with Crippen LogP contribution in [0.2, 0.25) is 0 Å². The molecule has 2 aromatic rings. The van der Waals surface area contributed by atoms with Gasteiger partial charge in [0, 0.05) is 11.3 Å². The van der Waals surface area contributed by atoms with Crippen LogP contribution in [0.25, 0.3) is 0 Å². The molecule has 0 aliphatic carbocycles. The van der Waals surface area contributed by atoms with Gasteiger partial charge in [0.25, 0.3) is 0 Å². The van der Waals surface area contributed by atoms with Gasteiger partial charge in [-0.15, -0.1) is 11.3 Å². The molecule has 5 heteroatoms. The molecular formula is C13H19N3S2. The van der Waals surface area contributed by atoms with E-state index in [1.165, 1.54) is 4.88 Å². The van der Waals surface area contributed by atoms with Crippen molar-refractivity contribution in [3.63, 3.8) is 0 Å². The van der Waals surface area contributed by atoms with Crippen molar-refractivity contribution in [3.05, 3.63) is 33.0 Å². The zero-order valence-corrected chi connectivity index (χ0v) is 12.5. The number of aromatic nitrogens is 3. The van der Waals surface area contributed by atoms with E-state index in [0.29, 0.717) is 6.04 Å². The molecule has 3 nitrogen and oxygen atoms in total. The van der Waals surface area contributed by atoms with E-state index in [0.717, 1.165) is 36.3 Å². The molecule has 0 saturated heterocycles. The lowest BCUT2D eigenvalue weighted by atomic mass is 10.1. The third-order valence-corrected chi connectivity index (χ3v) is 4.26. The Labute approximate surface area is 117 Å². The second-order valence-electron chi connectivity index (χ2n) is 4.38. The molecule has 2 heterocycles. The van der Waals surface area contributed by atoms with Gasteiger partial charge in [-0.1, -0.05) is 26.3 Å². The summed E-state index contributed by atoms with van der Waals surface area (Å²) < 4.78 is 2.94. The maximum Gasteiger partial charge on any atom is 0.195 e. The van der Waals surface area contributed by atoms with Crippen LogP contribution >= 0.6 is 23.6 Å². The van der Waals surface area contributed by atoms with Crippen molar-refractivity contribution in [2.24, 2.45) is 0 Å². The van der Waals surface area contributed by atoms with E-state index in [1.54, 1.807) is 11.3 Å². The molecule has 0 spiro atoms. The number of thiophene rings is 1. The minimum atomic E-state index is 0.336. The highest BCUT2D eigenvalue weighted by atomic mass is 32.1. The van der Waals surface area contributed by atoms with E-state index in [2.05, 4.69) is 46.1 Å². The van der Waals surface area contributed by atoms with E-state index in [4.69, 9.17) is 12.2 Å². The van der Waals surface area contributed by atoms with E-state index in [-0.39, 0.29) is 0 Å². The molecule has 0 aromatic carbocycles. The van der Waals surface area contributed by atoms with Gasteiger partial charge in [0.05, 0.1) is 6.04 Å². The fraction of sp³-hybridized carbons (Fsp3) is 0.538. The Hall–Kier alpha value is -0.940. The predicted molar refractivity (Wildman–Crippen MR) is 78.8 cm³/mol. The number of aromatic amines is 1. The van der Waals surface area contributed by atoms with Gasteiger partial charge in [-0.3, -0.25) is 9.67 Å². The first-order chi connectivity index (χ1) is 8.77. The fourth-order valence-electron chi connectivity index (χ4n) is 2.21. The van der Waals surface area contributed by atoms with Crippen molar-refractivity contribution in [1.29, 1.82) is 0 Å². The molecule has 0 bridgehead atoms. The lowest BCUT2D eigenvalue weighted by Gasteiger charge is -2.18. The monoisotopic (exact) mass is 281 g/mol. The van der Waals surface area contributed by atoms with Crippen LogP contribution < -0.4 is 0 Å². The smallest absolute Gasteiger partial charge is 0.195 e. The highest BCUT2D eigenvalue weighted by molar-refractivity contribution is 7.71. The molecule has 0 amide bonds. The van der Waals surface area contributed by atoms with Crippen LogP contribution in [0, 0.1) is 4.77 Å². The van der Waals surface area contributed by atoms with Crippen molar-refractivity contribution in [2.75, 3.05) is 0 Å². The molecule has 1 atom stereocenters. The largest absolute Gasteiger partial charge is 0.296 e. The van der Waals surface area contributed by atoms with Gasteiger partial charge in [-0.2, -0.15) is 5.10 Å². The van der Waals surface area contributed by atoms with Crippen molar-refractivity contribution in [1.82, 2.24) is 14.8 Å². The van der Waals surface area contributed by atoms with Gasteiger partial charge < -0.3 is 0 Å². The summed E-state index contributed by atoms with van der Waals surface area (Å²) in [5, 5.41) is 9.44. The molecule has 2 aromatic heterocycles. The molecule has 0 radical (unpaired) electrons. The van der Waals surface area contributed by atoms with Crippen LogP contribution in [0.3, 0.4) is 0 Å². The minimum absolute atomic E-state index is 0.336. The summed E-state index contributed by atoms with van der Waals surface area (Å²) in [6.07, 6.45) is 4.30. The average molecular weight is 281 g/mol. The fourth-order valence-corrected chi connectivity index (χ4v) is 3.34. The number of H-pyrrole nitrogens is 1. The van der Waals surface area contributed by atoms with Gasteiger partial charge in [0.15, 0.2) is 4.77 Å². The van der Waals surface area contributed by atoms with Crippen LogP contribution in [0.1, 0.15) is 49.9 Å². The maximum absolute atomic E-state index is 5.40. The number of rotatable bonds is 6. The first-order valence-electron chi connectivity index (χ1n) is 6.47. The summed E-state index contributed by atoms with van der Waals surface area (Å²) in [7, 11) is 0. The van der Waals surface area contributed by atoms with Gasteiger partial charge >= 0.3 is 0 Å². The third-order valence-electron chi connectivity index (χ3n) is 3.00. The van der Waals surface area contributed by atoms with Crippen molar-refractivity contribution in [2.45, 2.75) is 45.6 Å². The van der Waals surface area contributed by atoms with Gasteiger partial charge in [-0.25, -0.2) is 0 Å². The summed E-state index contributed by atoms with van der Waals surface area (Å²) in [4.78, 5) is 1.37. The average Bonchev–Trinajstić information content (AvgIpc) is 2.98. The number of nitrogens with one attached hydrogen (secondary N) is 1. The predicted octanol–water partition coefficient (Wildman–Crippen LogP) is 4.34. The zero-order valence-electron chi connectivity index (χ0n) is 10.8.